The summed E-state index contributed by atoms with van der Waals surface area (Å²) in [5, 5.41) is 10.2. The van der Waals surface area contributed by atoms with Crippen LogP contribution in [0.5, 0.6) is 0 Å². The third-order valence-electron chi connectivity index (χ3n) is 4.95. The molecule has 2 aromatic carbocycles. The summed E-state index contributed by atoms with van der Waals surface area (Å²) >= 11 is 0. The van der Waals surface area contributed by atoms with Gasteiger partial charge in [0.05, 0.1) is 6.10 Å². The average molecular weight is 342 g/mol. The fourth-order valence-corrected chi connectivity index (χ4v) is 3.39. The van der Waals surface area contributed by atoms with Gasteiger partial charge >= 0.3 is 0 Å². The van der Waals surface area contributed by atoms with Crippen LogP contribution >= 0.6 is 0 Å². The predicted molar refractivity (Wildman–Crippen MR) is 100 cm³/mol. The van der Waals surface area contributed by atoms with Crippen LogP contribution in [-0.4, -0.2) is 42.7 Å². The smallest absolute Gasteiger partial charge is 0.123 e. The minimum absolute atomic E-state index is 0.259. The van der Waals surface area contributed by atoms with E-state index in [0.29, 0.717) is 0 Å². The molecule has 0 bridgehead atoms. The predicted octanol–water partition coefficient (Wildman–Crippen LogP) is 3.85. The molecule has 3 rings (SSSR count). The van der Waals surface area contributed by atoms with Gasteiger partial charge in [-0.25, -0.2) is 4.39 Å². The van der Waals surface area contributed by atoms with E-state index in [1.165, 1.54) is 17.8 Å². The number of para-hydroxylation sites is 1. The second-order valence-electron chi connectivity index (χ2n) is 6.73. The quantitative estimate of drug-likeness (QED) is 0.774. The highest BCUT2D eigenvalue weighted by molar-refractivity contribution is 5.46. The zero-order chi connectivity index (χ0) is 17.5. The molecule has 1 aliphatic rings. The maximum atomic E-state index is 12.9. The van der Waals surface area contributed by atoms with E-state index >= 15 is 0 Å². The van der Waals surface area contributed by atoms with Crippen molar-refractivity contribution in [1.29, 1.82) is 0 Å². The Balaban J connectivity index is 1.33. The molecule has 1 fully saturated rings. The Morgan fingerprint density at radius 3 is 2.24 bits per heavy atom. The summed E-state index contributed by atoms with van der Waals surface area (Å²) in [5.74, 6) is -0.259. The lowest BCUT2D eigenvalue weighted by atomic mass is 10.0. The van der Waals surface area contributed by atoms with E-state index in [4.69, 9.17) is 0 Å². The Bertz CT molecular complexity index is 624. The van der Waals surface area contributed by atoms with E-state index in [9.17, 15) is 9.50 Å². The van der Waals surface area contributed by atoms with E-state index in [2.05, 4.69) is 40.1 Å². The van der Waals surface area contributed by atoms with Crippen LogP contribution in [0.2, 0.25) is 0 Å². The van der Waals surface area contributed by atoms with Crippen molar-refractivity contribution in [1.82, 2.24) is 4.90 Å². The molecule has 1 unspecified atom stereocenters. The summed E-state index contributed by atoms with van der Waals surface area (Å²) in [6, 6.07) is 16.7. The van der Waals surface area contributed by atoms with Gasteiger partial charge < -0.3 is 10.0 Å². The number of benzene rings is 2. The molecule has 0 saturated carbocycles. The van der Waals surface area contributed by atoms with Crippen LogP contribution in [0.15, 0.2) is 54.6 Å². The monoisotopic (exact) mass is 342 g/mol. The number of hydrogen-bond donors (Lipinski definition) is 1. The Kier molecular flexibility index (Phi) is 6.42. The number of halogens is 1. The number of piperazine rings is 1. The molecule has 0 radical (unpaired) electrons. The maximum Gasteiger partial charge on any atom is 0.123 e. The molecule has 1 aliphatic heterocycles. The van der Waals surface area contributed by atoms with Crippen LogP contribution in [0.1, 0.15) is 30.9 Å². The second-order valence-corrected chi connectivity index (χ2v) is 6.73. The van der Waals surface area contributed by atoms with Gasteiger partial charge in [0.25, 0.3) is 0 Å². The van der Waals surface area contributed by atoms with Gasteiger partial charge in [0, 0.05) is 31.9 Å². The highest BCUT2D eigenvalue weighted by Gasteiger charge is 2.16. The fourth-order valence-electron chi connectivity index (χ4n) is 3.39. The molecule has 2 aromatic rings. The minimum atomic E-state index is -0.490. The van der Waals surface area contributed by atoms with Crippen molar-refractivity contribution in [2.24, 2.45) is 0 Å². The molecule has 0 aliphatic carbocycles. The van der Waals surface area contributed by atoms with Crippen molar-refractivity contribution in [2.45, 2.75) is 25.4 Å². The molecule has 1 saturated heterocycles. The van der Waals surface area contributed by atoms with Crippen molar-refractivity contribution in [3.05, 3.63) is 66.0 Å². The highest BCUT2D eigenvalue weighted by atomic mass is 19.1. The van der Waals surface area contributed by atoms with Gasteiger partial charge in [0.2, 0.25) is 0 Å². The summed E-state index contributed by atoms with van der Waals surface area (Å²) in [6.07, 6.45) is 2.31. The lowest BCUT2D eigenvalue weighted by Gasteiger charge is -2.36. The number of anilines is 1. The van der Waals surface area contributed by atoms with Crippen LogP contribution in [0, 0.1) is 5.82 Å². The molecule has 134 valence electrons. The number of unbranched alkanes of at least 4 members (excludes halogenated alkanes) is 1. The van der Waals surface area contributed by atoms with Gasteiger partial charge in [-0.2, -0.15) is 0 Å². The number of aliphatic hydroxyl groups is 1. The summed E-state index contributed by atoms with van der Waals surface area (Å²) in [6.45, 7) is 5.41. The van der Waals surface area contributed by atoms with Gasteiger partial charge in [-0.05, 0) is 55.6 Å². The third kappa shape index (κ3) is 5.28. The summed E-state index contributed by atoms with van der Waals surface area (Å²) in [7, 11) is 0. The number of nitrogens with zero attached hydrogens (tertiary/aromatic N) is 2. The molecule has 25 heavy (non-hydrogen) atoms. The Hall–Kier alpha value is -1.91. The largest absolute Gasteiger partial charge is 0.388 e. The number of aliphatic hydroxyl groups excluding tert-OH is 1. The summed E-state index contributed by atoms with van der Waals surface area (Å²) in [5.41, 5.74) is 2.11. The number of rotatable bonds is 7. The van der Waals surface area contributed by atoms with E-state index in [1.807, 2.05) is 0 Å². The average Bonchev–Trinajstić information content (AvgIpc) is 2.67. The van der Waals surface area contributed by atoms with Gasteiger partial charge in [0.15, 0.2) is 0 Å². The minimum Gasteiger partial charge on any atom is -0.388 e. The fraction of sp³-hybridized carbons (Fsp3) is 0.429. The van der Waals surface area contributed by atoms with Gasteiger partial charge in [0.1, 0.15) is 5.82 Å². The maximum absolute atomic E-state index is 12.9. The summed E-state index contributed by atoms with van der Waals surface area (Å²) in [4.78, 5) is 4.94. The molecular weight excluding hydrogens is 315 g/mol. The van der Waals surface area contributed by atoms with Crippen molar-refractivity contribution < 1.29 is 9.50 Å². The number of hydrogen-bond acceptors (Lipinski definition) is 3. The van der Waals surface area contributed by atoms with Crippen molar-refractivity contribution in [3.8, 4) is 0 Å². The lowest BCUT2D eigenvalue weighted by molar-refractivity contribution is 0.160. The molecule has 0 amide bonds. The molecule has 3 nitrogen and oxygen atoms in total. The third-order valence-corrected chi connectivity index (χ3v) is 4.95. The first-order valence-electron chi connectivity index (χ1n) is 9.18. The van der Waals surface area contributed by atoms with Crippen LogP contribution in [0.4, 0.5) is 10.1 Å². The van der Waals surface area contributed by atoms with Crippen LogP contribution in [0.25, 0.3) is 0 Å². The molecule has 1 atom stereocenters. The van der Waals surface area contributed by atoms with E-state index in [0.717, 1.165) is 57.5 Å². The standard InChI is InChI=1S/C21H27FN2O/c22-19-11-9-18(10-12-19)21(25)8-4-5-13-23-14-16-24(17-15-23)20-6-2-1-3-7-20/h1-3,6-7,9-12,21,25H,4-5,8,13-17H2. The molecular formula is C21H27FN2O. The summed E-state index contributed by atoms with van der Waals surface area (Å²) < 4.78 is 12.9. The lowest BCUT2D eigenvalue weighted by Crippen LogP contribution is -2.46. The SMILES string of the molecule is OC(CCCCN1CCN(c2ccccc2)CC1)c1ccc(F)cc1. The van der Waals surface area contributed by atoms with Gasteiger partial charge in [-0.1, -0.05) is 30.3 Å². The first-order valence-corrected chi connectivity index (χ1v) is 9.18. The Labute approximate surface area is 149 Å². The van der Waals surface area contributed by atoms with E-state index < -0.39 is 6.10 Å². The zero-order valence-electron chi connectivity index (χ0n) is 14.6. The van der Waals surface area contributed by atoms with E-state index in [-0.39, 0.29) is 5.82 Å². The Morgan fingerprint density at radius 1 is 0.880 bits per heavy atom. The molecule has 1 N–H and O–H groups in total. The van der Waals surface area contributed by atoms with Gasteiger partial charge in [-0.3, -0.25) is 4.90 Å². The topological polar surface area (TPSA) is 26.7 Å². The molecule has 0 aromatic heterocycles. The molecule has 4 heteroatoms. The van der Waals surface area contributed by atoms with Crippen molar-refractivity contribution in [2.75, 3.05) is 37.6 Å². The molecule has 0 spiro atoms. The van der Waals surface area contributed by atoms with Crippen LogP contribution in [0.3, 0.4) is 0 Å². The van der Waals surface area contributed by atoms with Crippen molar-refractivity contribution >= 4 is 5.69 Å². The first kappa shape index (κ1) is 17.9. The highest BCUT2D eigenvalue weighted by Crippen LogP contribution is 2.20. The molecule has 1 heterocycles. The zero-order valence-corrected chi connectivity index (χ0v) is 14.6. The van der Waals surface area contributed by atoms with Gasteiger partial charge in [-0.15, -0.1) is 0 Å². The Morgan fingerprint density at radius 2 is 1.56 bits per heavy atom. The van der Waals surface area contributed by atoms with Crippen molar-refractivity contribution in [3.63, 3.8) is 0 Å². The normalized spacial score (nSPS) is 16.8. The van der Waals surface area contributed by atoms with E-state index in [1.54, 1.807) is 12.1 Å². The van der Waals surface area contributed by atoms with Crippen LogP contribution < -0.4 is 4.90 Å². The second kappa shape index (κ2) is 8.97. The first-order chi connectivity index (χ1) is 12.2. The van der Waals surface area contributed by atoms with Crippen LogP contribution in [-0.2, 0) is 0 Å².